The van der Waals surface area contributed by atoms with E-state index in [1.807, 2.05) is 13.8 Å². The van der Waals surface area contributed by atoms with Gasteiger partial charge in [0, 0.05) is 16.9 Å². The number of benzene rings is 1. The predicted molar refractivity (Wildman–Crippen MR) is 68.4 cm³/mol. The van der Waals surface area contributed by atoms with Crippen LogP contribution in [-0.4, -0.2) is 17.4 Å². The van der Waals surface area contributed by atoms with Crippen molar-refractivity contribution in [3.8, 4) is 0 Å². The molecule has 0 aliphatic heterocycles. The summed E-state index contributed by atoms with van der Waals surface area (Å²) in [6.45, 7) is 3.82. The summed E-state index contributed by atoms with van der Waals surface area (Å²) < 4.78 is 26.2. The van der Waals surface area contributed by atoms with Crippen molar-refractivity contribution in [3.63, 3.8) is 0 Å². The Hall–Kier alpha value is -1.14. The van der Waals surface area contributed by atoms with E-state index in [-0.39, 0.29) is 4.90 Å². The molecule has 1 aromatic carbocycles. The van der Waals surface area contributed by atoms with Crippen LogP contribution in [0.15, 0.2) is 40.2 Å². The Kier molecular flexibility index (Phi) is 3.09. The lowest BCUT2D eigenvalue weighted by atomic mass is 10.1. The summed E-state index contributed by atoms with van der Waals surface area (Å²) in [5.41, 5.74) is 1.98. The third-order valence-corrected chi connectivity index (χ3v) is 5.17. The molecule has 0 fully saturated rings. The van der Waals surface area contributed by atoms with Crippen LogP contribution in [0.25, 0.3) is 0 Å². The predicted octanol–water partition coefficient (Wildman–Crippen LogP) is 2.50. The van der Waals surface area contributed by atoms with Crippen LogP contribution in [0, 0.1) is 13.8 Å². The minimum atomic E-state index is -3.56. The maximum absolute atomic E-state index is 12.3. The van der Waals surface area contributed by atoms with Crippen LogP contribution in [0.2, 0.25) is 0 Å². The zero-order chi connectivity index (χ0) is 12.6. The smallest absolute Gasteiger partial charge is 0.244 e. The van der Waals surface area contributed by atoms with E-state index in [9.17, 15) is 8.42 Å². The minimum absolute atomic E-state index is 0.249. The maximum atomic E-state index is 12.3. The molecule has 0 saturated heterocycles. The Labute approximate surface area is 108 Å². The van der Waals surface area contributed by atoms with Gasteiger partial charge < -0.3 is 0 Å². The second-order valence-corrected chi connectivity index (χ2v) is 6.43. The SMILES string of the molecule is Cc1cc(Br)c(S(=O)(=O)n2ccnc2)cc1C. The Bertz CT molecular complexity index is 648. The Morgan fingerprint density at radius 1 is 1.24 bits per heavy atom. The zero-order valence-corrected chi connectivity index (χ0v) is 11.8. The van der Waals surface area contributed by atoms with Crippen molar-refractivity contribution in [2.75, 3.05) is 0 Å². The molecule has 2 aromatic rings. The third-order valence-electron chi connectivity index (χ3n) is 2.58. The molecular formula is C11H11BrN2O2S. The van der Waals surface area contributed by atoms with Gasteiger partial charge in [0.05, 0.1) is 0 Å². The third kappa shape index (κ3) is 2.14. The monoisotopic (exact) mass is 314 g/mol. The van der Waals surface area contributed by atoms with Gasteiger partial charge in [-0.05, 0) is 53.0 Å². The molecule has 4 nitrogen and oxygen atoms in total. The van der Waals surface area contributed by atoms with Crippen LogP contribution in [0.1, 0.15) is 11.1 Å². The highest BCUT2D eigenvalue weighted by Crippen LogP contribution is 2.27. The molecular weight excluding hydrogens is 304 g/mol. The second kappa shape index (κ2) is 4.27. The van der Waals surface area contributed by atoms with Gasteiger partial charge in [0.15, 0.2) is 0 Å². The summed E-state index contributed by atoms with van der Waals surface area (Å²) >= 11 is 3.29. The van der Waals surface area contributed by atoms with E-state index in [0.717, 1.165) is 15.1 Å². The highest BCUT2D eigenvalue weighted by molar-refractivity contribution is 9.10. The van der Waals surface area contributed by atoms with Crippen molar-refractivity contribution in [2.45, 2.75) is 18.7 Å². The van der Waals surface area contributed by atoms with Gasteiger partial charge in [-0.2, -0.15) is 0 Å². The molecule has 0 atom stereocenters. The molecule has 0 amide bonds. The fraction of sp³-hybridized carbons (Fsp3) is 0.182. The van der Waals surface area contributed by atoms with E-state index < -0.39 is 10.0 Å². The van der Waals surface area contributed by atoms with E-state index in [0.29, 0.717) is 4.47 Å². The van der Waals surface area contributed by atoms with Gasteiger partial charge in [0.2, 0.25) is 0 Å². The van der Waals surface area contributed by atoms with Crippen LogP contribution >= 0.6 is 15.9 Å². The first kappa shape index (κ1) is 12.3. The van der Waals surface area contributed by atoms with Crippen LogP contribution in [0.5, 0.6) is 0 Å². The Morgan fingerprint density at radius 2 is 1.88 bits per heavy atom. The largest absolute Gasteiger partial charge is 0.270 e. The summed E-state index contributed by atoms with van der Waals surface area (Å²) in [7, 11) is -3.56. The normalized spacial score (nSPS) is 11.7. The Balaban J connectivity index is 2.67. The molecule has 1 heterocycles. The summed E-state index contributed by atoms with van der Waals surface area (Å²) in [5, 5.41) is 0. The number of nitrogens with zero attached hydrogens (tertiary/aromatic N) is 2. The maximum Gasteiger partial charge on any atom is 0.270 e. The highest BCUT2D eigenvalue weighted by Gasteiger charge is 2.20. The molecule has 90 valence electrons. The van der Waals surface area contributed by atoms with Gasteiger partial charge in [-0.1, -0.05) is 0 Å². The number of rotatable bonds is 2. The van der Waals surface area contributed by atoms with Crippen molar-refractivity contribution in [2.24, 2.45) is 0 Å². The molecule has 0 saturated carbocycles. The van der Waals surface area contributed by atoms with Gasteiger partial charge >= 0.3 is 0 Å². The number of hydrogen-bond acceptors (Lipinski definition) is 3. The van der Waals surface area contributed by atoms with Gasteiger partial charge in [0.1, 0.15) is 11.2 Å². The van der Waals surface area contributed by atoms with Gasteiger partial charge in [-0.15, -0.1) is 0 Å². The molecule has 0 aliphatic rings. The number of aryl methyl sites for hydroxylation is 2. The molecule has 17 heavy (non-hydrogen) atoms. The van der Waals surface area contributed by atoms with E-state index >= 15 is 0 Å². The quantitative estimate of drug-likeness (QED) is 0.855. The van der Waals surface area contributed by atoms with Crippen LogP contribution < -0.4 is 0 Å². The van der Waals surface area contributed by atoms with Crippen molar-refractivity contribution in [3.05, 3.63) is 46.5 Å². The van der Waals surface area contributed by atoms with Crippen molar-refractivity contribution < 1.29 is 8.42 Å². The molecule has 0 aliphatic carbocycles. The van der Waals surface area contributed by atoms with Crippen LogP contribution in [0.4, 0.5) is 0 Å². The van der Waals surface area contributed by atoms with Crippen LogP contribution in [-0.2, 0) is 10.0 Å². The van der Waals surface area contributed by atoms with E-state index in [1.165, 1.54) is 18.7 Å². The zero-order valence-electron chi connectivity index (χ0n) is 9.38. The van der Waals surface area contributed by atoms with Gasteiger partial charge in [-0.3, -0.25) is 0 Å². The number of aromatic nitrogens is 2. The standard InChI is InChI=1S/C11H11BrN2O2S/c1-8-5-10(12)11(6-9(8)2)17(15,16)14-4-3-13-7-14/h3-7H,1-2H3. The minimum Gasteiger partial charge on any atom is -0.244 e. The molecule has 2 rings (SSSR count). The first-order valence-corrected chi connectivity index (χ1v) is 7.16. The van der Waals surface area contributed by atoms with E-state index in [2.05, 4.69) is 20.9 Å². The molecule has 0 radical (unpaired) electrons. The van der Waals surface area contributed by atoms with E-state index in [4.69, 9.17) is 0 Å². The number of halogens is 1. The molecule has 0 spiro atoms. The highest BCUT2D eigenvalue weighted by atomic mass is 79.9. The molecule has 0 bridgehead atoms. The number of imidazole rings is 1. The van der Waals surface area contributed by atoms with Crippen molar-refractivity contribution in [1.82, 2.24) is 8.96 Å². The lowest BCUT2D eigenvalue weighted by Crippen LogP contribution is -2.12. The second-order valence-electron chi connectivity index (χ2n) is 3.76. The lowest BCUT2D eigenvalue weighted by Gasteiger charge is -2.10. The average Bonchev–Trinajstić information content (AvgIpc) is 2.77. The summed E-state index contributed by atoms with van der Waals surface area (Å²) in [6.07, 6.45) is 4.13. The van der Waals surface area contributed by atoms with Crippen molar-refractivity contribution in [1.29, 1.82) is 0 Å². The molecule has 1 aromatic heterocycles. The van der Waals surface area contributed by atoms with E-state index in [1.54, 1.807) is 12.1 Å². The van der Waals surface area contributed by atoms with Gasteiger partial charge in [0.25, 0.3) is 10.0 Å². The fourth-order valence-electron chi connectivity index (χ4n) is 1.45. The fourth-order valence-corrected chi connectivity index (χ4v) is 3.78. The van der Waals surface area contributed by atoms with Crippen LogP contribution in [0.3, 0.4) is 0 Å². The summed E-state index contributed by atoms with van der Waals surface area (Å²) in [4.78, 5) is 4.00. The molecule has 6 heteroatoms. The van der Waals surface area contributed by atoms with Crippen molar-refractivity contribution >= 4 is 26.0 Å². The number of hydrogen-bond donors (Lipinski definition) is 0. The summed E-state index contributed by atoms with van der Waals surface area (Å²) in [6, 6.07) is 3.47. The first-order chi connectivity index (χ1) is 7.93. The first-order valence-electron chi connectivity index (χ1n) is 4.93. The summed E-state index contributed by atoms with van der Waals surface area (Å²) in [5.74, 6) is 0. The Morgan fingerprint density at radius 3 is 2.47 bits per heavy atom. The molecule has 0 unspecified atom stereocenters. The topological polar surface area (TPSA) is 52.0 Å². The average molecular weight is 315 g/mol. The lowest BCUT2D eigenvalue weighted by molar-refractivity contribution is 0.586. The van der Waals surface area contributed by atoms with Gasteiger partial charge in [-0.25, -0.2) is 17.4 Å². The molecule has 0 N–H and O–H groups in total.